The van der Waals surface area contributed by atoms with Crippen molar-refractivity contribution in [2.24, 2.45) is 11.8 Å². The second-order valence-electron chi connectivity index (χ2n) is 9.23. The standard InChI is InChI=1S/C26H30.2C5H5.Zr/c1-5-21-17-19(3)20(4)18-25(22-13-9-7-10-14-22)26(24(21)6-2)23-15-11-8-12-16-23;2*1-2-4-5-3-1;/h7-16,19-20H,3-6,17-18H2,1-2H3;2*1-5H;/q-2;;;+2/b24-21-,26-25+;;;/t19-,20-;;;/m0.../s1. The van der Waals surface area contributed by atoms with E-state index in [1.807, 2.05) is 64.2 Å². The summed E-state index contributed by atoms with van der Waals surface area (Å²) >= 11 is 0. The van der Waals surface area contributed by atoms with Gasteiger partial charge in [0, 0.05) is 0 Å². The number of rotatable bonds is 4. The third-order valence-electron chi connectivity index (χ3n) is 6.75. The van der Waals surface area contributed by atoms with E-state index < -0.39 is 0 Å². The number of benzene rings is 2. The van der Waals surface area contributed by atoms with E-state index in [0.717, 1.165) is 25.7 Å². The van der Waals surface area contributed by atoms with Gasteiger partial charge in [-0.25, -0.2) is 0 Å². The number of hydrogen-bond donors (Lipinski definition) is 0. The maximum Gasteiger partial charge on any atom is 2.00 e. The minimum absolute atomic E-state index is 0. The SMILES string of the molecule is [CH2-][C@H]1C/C(CC)=C(CC)\C(c2ccccc2)=C(\c2ccccc2)C[C@@H]1[CH2-].[CH]1[CH][CH][CH][CH]1.[CH]1[CH][CH][CH][CH]1.[Zr+2]. The zero-order valence-corrected chi connectivity index (χ0v) is 24.9. The predicted octanol–water partition coefficient (Wildman–Crippen LogP) is 9.45. The topological polar surface area (TPSA) is 0 Å². The van der Waals surface area contributed by atoms with Gasteiger partial charge in [-0.15, -0.1) is 0 Å². The van der Waals surface area contributed by atoms with Crippen LogP contribution in [0, 0.1) is 89.9 Å². The zero-order chi connectivity index (χ0) is 25.6. The van der Waals surface area contributed by atoms with Crippen molar-refractivity contribution in [1.29, 1.82) is 0 Å². The molecule has 1 heteroatoms. The molecule has 0 amide bonds. The Morgan fingerprint density at radius 1 is 0.568 bits per heavy atom. The van der Waals surface area contributed by atoms with Crippen LogP contribution in [0.1, 0.15) is 50.7 Å². The van der Waals surface area contributed by atoms with Crippen molar-refractivity contribution in [2.75, 3.05) is 0 Å². The molecular weight excluding hydrogens is 524 g/mol. The first-order chi connectivity index (χ1) is 17.7. The molecule has 0 unspecified atom stereocenters. The van der Waals surface area contributed by atoms with Crippen molar-refractivity contribution in [1.82, 2.24) is 0 Å². The van der Waals surface area contributed by atoms with Crippen molar-refractivity contribution in [3.63, 3.8) is 0 Å². The summed E-state index contributed by atoms with van der Waals surface area (Å²) in [4.78, 5) is 0. The quantitative estimate of drug-likeness (QED) is 0.325. The monoisotopic (exact) mass is 562 g/mol. The largest absolute Gasteiger partial charge is 2.00 e. The molecular formula is C36H40Zr. The molecule has 0 nitrogen and oxygen atoms in total. The molecule has 0 heterocycles. The van der Waals surface area contributed by atoms with Crippen LogP contribution in [0.4, 0.5) is 0 Å². The summed E-state index contributed by atoms with van der Waals surface area (Å²) in [5.41, 5.74) is 8.55. The molecule has 3 aliphatic rings. The molecule has 0 N–H and O–H groups in total. The van der Waals surface area contributed by atoms with Crippen molar-refractivity contribution >= 4 is 11.1 Å². The van der Waals surface area contributed by atoms with Gasteiger partial charge in [-0.1, -0.05) is 92.9 Å². The maximum atomic E-state index is 4.48. The molecule has 2 atom stereocenters. The van der Waals surface area contributed by atoms with Crippen molar-refractivity contribution in [2.45, 2.75) is 39.5 Å². The average Bonchev–Trinajstić information content (AvgIpc) is 3.69. The van der Waals surface area contributed by atoms with Gasteiger partial charge >= 0.3 is 26.2 Å². The van der Waals surface area contributed by atoms with Gasteiger partial charge in [0.2, 0.25) is 0 Å². The van der Waals surface area contributed by atoms with E-state index in [1.54, 1.807) is 5.57 Å². The normalized spacial score (nSPS) is 25.5. The molecule has 37 heavy (non-hydrogen) atoms. The Bertz CT molecular complexity index is 904. The van der Waals surface area contributed by atoms with Crippen molar-refractivity contribution < 1.29 is 26.2 Å². The molecule has 0 aromatic heterocycles. The summed E-state index contributed by atoms with van der Waals surface area (Å²) in [5.74, 6) is 0.686. The summed E-state index contributed by atoms with van der Waals surface area (Å²) in [6, 6.07) is 21.7. The second kappa shape index (κ2) is 18.2. The minimum atomic E-state index is 0. The molecule has 0 aliphatic heterocycles. The van der Waals surface area contributed by atoms with E-state index in [9.17, 15) is 0 Å². The summed E-state index contributed by atoms with van der Waals surface area (Å²) in [7, 11) is 0. The predicted molar refractivity (Wildman–Crippen MR) is 157 cm³/mol. The first-order valence-electron chi connectivity index (χ1n) is 13.2. The Morgan fingerprint density at radius 2 is 0.973 bits per heavy atom. The van der Waals surface area contributed by atoms with Gasteiger partial charge in [0.15, 0.2) is 0 Å². The fraction of sp³-hybridized carbons (Fsp3) is 0.222. The van der Waals surface area contributed by atoms with E-state index in [2.05, 4.69) is 88.4 Å². The van der Waals surface area contributed by atoms with Crippen LogP contribution < -0.4 is 0 Å². The van der Waals surface area contributed by atoms with Crippen LogP contribution in [0.3, 0.4) is 0 Å². The van der Waals surface area contributed by atoms with Crippen LogP contribution in [0.2, 0.25) is 0 Å². The van der Waals surface area contributed by atoms with Gasteiger partial charge in [-0.3, -0.25) is 0 Å². The Hall–Kier alpha value is -1.20. The maximum absolute atomic E-state index is 4.48. The Labute approximate surface area is 248 Å². The molecule has 2 aromatic rings. The van der Waals surface area contributed by atoms with Gasteiger partial charge in [0.1, 0.15) is 0 Å². The molecule has 0 spiro atoms. The van der Waals surface area contributed by atoms with Crippen LogP contribution >= 0.6 is 0 Å². The van der Waals surface area contributed by atoms with Crippen molar-refractivity contribution in [3.05, 3.63) is 161 Å². The molecule has 2 saturated carbocycles. The summed E-state index contributed by atoms with van der Waals surface area (Å²) in [6.45, 7) is 13.5. The number of allylic oxidation sites excluding steroid dienone is 4. The van der Waals surface area contributed by atoms with E-state index in [-0.39, 0.29) is 26.2 Å². The molecule has 5 rings (SSSR count). The molecule has 0 bridgehead atoms. The first-order valence-corrected chi connectivity index (χ1v) is 13.2. The van der Waals surface area contributed by atoms with E-state index in [4.69, 9.17) is 0 Å². The van der Waals surface area contributed by atoms with E-state index in [0.29, 0.717) is 11.8 Å². The van der Waals surface area contributed by atoms with E-state index >= 15 is 0 Å². The van der Waals surface area contributed by atoms with Gasteiger partial charge in [0.25, 0.3) is 0 Å². The molecule has 188 valence electrons. The molecule has 0 saturated heterocycles. The van der Waals surface area contributed by atoms with Gasteiger partial charge in [0.05, 0.1) is 0 Å². The van der Waals surface area contributed by atoms with Crippen LogP contribution in [-0.2, 0) is 26.2 Å². The zero-order valence-electron chi connectivity index (χ0n) is 22.4. The van der Waals surface area contributed by atoms with Crippen molar-refractivity contribution in [3.8, 4) is 0 Å². The van der Waals surface area contributed by atoms with E-state index in [1.165, 1.54) is 27.8 Å². The third kappa shape index (κ3) is 10.1. The molecule has 2 fully saturated rings. The van der Waals surface area contributed by atoms with Crippen LogP contribution in [0.15, 0.2) is 71.8 Å². The van der Waals surface area contributed by atoms with Crippen LogP contribution in [0.5, 0.6) is 0 Å². The average molecular weight is 564 g/mol. The summed E-state index contributed by atoms with van der Waals surface area (Å²) in [6.07, 6.45) is 24.2. The Balaban J connectivity index is 0.000000362. The number of hydrogen-bond acceptors (Lipinski definition) is 0. The molecule has 10 radical (unpaired) electrons. The second-order valence-corrected chi connectivity index (χ2v) is 9.23. The first kappa shape index (κ1) is 32.0. The summed E-state index contributed by atoms with van der Waals surface area (Å²) < 4.78 is 0. The van der Waals surface area contributed by atoms with Gasteiger partial charge in [-0.05, 0) is 105 Å². The van der Waals surface area contributed by atoms with Crippen LogP contribution in [0.25, 0.3) is 11.1 Å². The van der Waals surface area contributed by atoms with Gasteiger partial charge < -0.3 is 13.8 Å². The fourth-order valence-corrected chi connectivity index (χ4v) is 4.78. The fourth-order valence-electron chi connectivity index (χ4n) is 4.78. The smallest absolute Gasteiger partial charge is 0.342 e. The van der Waals surface area contributed by atoms with Crippen LogP contribution in [-0.4, -0.2) is 0 Å². The Kier molecular flexibility index (Phi) is 15.7. The third-order valence-corrected chi connectivity index (χ3v) is 6.75. The van der Waals surface area contributed by atoms with Gasteiger partial charge in [-0.2, -0.15) is 11.8 Å². The minimum Gasteiger partial charge on any atom is -0.342 e. The molecule has 3 aliphatic carbocycles. The molecule has 2 aromatic carbocycles. The Morgan fingerprint density at radius 3 is 1.38 bits per heavy atom. The summed E-state index contributed by atoms with van der Waals surface area (Å²) in [5, 5.41) is 0.